The maximum absolute atomic E-state index is 9.45. The Labute approximate surface area is 97.4 Å². The molecule has 0 bridgehead atoms. The van der Waals surface area contributed by atoms with Gasteiger partial charge in [0, 0.05) is 10.4 Å². The maximum atomic E-state index is 9.45. The fourth-order valence-electron chi connectivity index (χ4n) is 2.95. The Morgan fingerprint density at radius 1 is 1.44 bits per heavy atom. The molecule has 1 aliphatic heterocycles. The molecule has 1 fully saturated rings. The second-order valence-corrected chi connectivity index (χ2v) is 5.66. The highest BCUT2D eigenvalue weighted by molar-refractivity contribution is 7.10. The van der Waals surface area contributed by atoms with Crippen LogP contribution in [0.3, 0.4) is 0 Å². The monoisotopic (exact) mass is 232 g/mol. The van der Waals surface area contributed by atoms with E-state index >= 15 is 0 Å². The molecule has 4 rings (SSSR count). The van der Waals surface area contributed by atoms with Crippen LogP contribution in [0.1, 0.15) is 23.8 Å². The van der Waals surface area contributed by atoms with E-state index in [-0.39, 0.29) is 6.10 Å². The summed E-state index contributed by atoms with van der Waals surface area (Å²) in [7, 11) is 0. The van der Waals surface area contributed by atoms with Crippen LogP contribution in [-0.2, 0) is 0 Å². The summed E-state index contributed by atoms with van der Waals surface area (Å²) in [4.78, 5) is 5.69. The van der Waals surface area contributed by atoms with Gasteiger partial charge in [0.15, 0.2) is 0 Å². The zero-order chi connectivity index (χ0) is 10.7. The third kappa shape index (κ3) is 0.987. The van der Waals surface area contributed by atoms with E-state index in [1.54, 1.807) is 0 Å². The van der Waals surface area contributed by atoms with E-state index in [4.69, 9.17) is 0 Å². The second-order valence-electron chi connectivity index (χ2n) is 4.71. The molecule has 4 heteroatoms. The zero-order valence-electron chi connectivity index (χ0n) is 8.71. The van der Waals surface area contributed by atoms with Crippen molar-refractivity contribution in [2.24, 2.45) is 5.92 Å². The number of hydrogen-bond acceptors (Lipinski definition) is 3. The normalized spacial score (nSPS) is 30.9. The van der Waals surface area contributed by atoms with Gasteiger partial charge < -0.3 is 9.67 Å². The molecule has 2 aromatic heterocycles. The summed E-state index contributed by atoms with van der Waals surface area (Å²) in [6.07, 6.45) is 5.65. The predicted octanol–water partition coefficient (Wildman–Crippen LogP) is 2.29. The van der Waals surface area contributed by atoms with Crippen LogP contribution < -0.4 is 0 Å². The molecule has 82 valence electrons. The van der Waals surface area contributed by atoms with Crippen molar-refractivity contribution < 1.29 is 5.11 Å². The van der Waals surface area contributed by atoms with Gasteiger partial charge in [0.05, 0.1) is 30.4 Å². The first-order valence-corrected chi connectivity index (χ1v) is 6.50. The first-order valence-electron chi connectivity index (χ1n) is 5.62. The molecule has 0 aromatic carbocycles. The van der Waals surface area contributed by atoms with E-state index in [0.29, 0.717) is 12.0 Å². The van der Waals surface area contributed by atoms with Crippen molar-refractivity contribution in [1.82, 2.24) is 9.55 Å². The first-order chi connectivity index (χ1) is 7.84. The quantitative estimate of drug-likeness (QED) is 0.819. The van der Waals surface area contributed by atoms with Crippen molar-refractivity contribution in [3.8, 4) is 11.3 Å². The lowest BCUT2D eigenvalue weighted by Crippen LogP contribution is -2.34. The minimum Gasteiger partial charge on any atom is -0.393 e. The predicted molar refractivity (Wildman–Crippen MR) is 62.4 cm³/mol. The lowest BCUT2D eigenvalue weighted by molar-refractivity contribution is 0.0268. The SMILES string of the molecule is O[C@H]1C[C@H]([C@@H]2c3sccc3-c3cncn32)C1. The molecule has 1 N–H and O–H groups in total. The largest absolute Gasteiger partial charge is 0.393 e. The van der Waals surface area contributed by atoms with Gasteiger partial charge in [-0.05, 0) is 30.2 Å². The van der Waals surface area contributed by atoms with Gasteiger partial charge in [-0.2, -0.15) is 0 Å². The fourth-order valence-corrected chi connectivity index (χ4v) is 4.05. The van der Waals surface area contributed by atoms with Crippen molar-refractivity contribution >= 4 is 11.3 Å². The van der Waals surface area contributed by atoms with Gasteiger partial charge in [-0.15, -0.1) is 11.3 Å². The molecule has 3 nitrogen and oxygen atoms in total. The summed E-state index contributed by atoms with van der Waals surface area (Å²) >= 11 is 1.83. The Hall–Kier alpha value is -1.13. The van der Waals surface area contributed by atoms with Gasteiger partial charge >= 0.3 is 0 Å². The van der Waals surface area contributed by atoms with Gasteiger partial charge in [0.1, 0.15) is 0 Å². The Balaban J connectivity index is 1.83. The fraction of sp³-hybridized carbons (Fsp3) is 0.417. The number of imidazole rings is 1. The molecule has 0 amide bonds. The summed E-state index contributed by atoms with van der Waals surface area (Å²) in [5, 5.41) is 11.6. The molecule has 0 spiro atoms. The number of thiophene rings is 1. The number of aliphatic hydroxyl groups is 1. The third-order valence-corrected chi connectivity index (χ3v) is 4.79. The molecule has 0 unspecified atom stereocenters. The molecule has 1 atom stereocenters. The highest BCUT2D eigenvalue weighted by Gasteiger charge is 2.41. The zero-order valence-corrected chi connectivity index (χ0v) is 9.52. The van der Waals surface area contributed by atoms with Gasteiger partial charge in [0.2, 0.25) is 0 Å². The summed E-state index contributed by atoms with van der Waals surface area (Å²) in [6, 6.07) is 2.61. The van der Waals surface area contributed by atoms with E-state index in [9.17, 15) is 5.11 Å². The van der Waals surface area contributed by atoms with Crippen LogP contribution in [0.4, 0.5) is 0 Å². The van der Waals surface area contributed by atoms with E-state index in [0.717, 1.165) is 12.8 Å². The molecule has 1 saturated carbocycles. The molecule has 2 aromatic rings. The highest BCUT2D eigenvalue weighted by atomic mass is 32.1. The smallest absolute Gasteiger partial charge is 0.0957 e. The van der Waals surface area contributed by atoms with E-state index in [1.165, 1.54) is 16.1 Å². The number of hydrogen-bond donors (Lipinski definition) is 1. The average Bonchev–Trinajstić information content (AvgIpc) is 2.84. The highest BCUT2D eigenvalue weighted by Crippen LogP contribution is 2.50. The van der Waals surface area contributed by atoms with Crippen molar-refractivity contribution in [2.45, 2.75) is 25.0 Å². The van der Waals surface area contributed by atoms with Crippen molar-refractivity contribution in [3.05, 3.63) is 28.8 Å². The number of aromatic nitrogens is 2. The Morgan fingerprint density at radius 3 is 3.12 bits per heavy atom. The van der Waals surface area contributed by atoms with Gasteiger partial charge in [0.25, 0.3) is 0 Å². The Bertz CT molecular complexity index is 498. The molecular weight excluding hydrogens is 220 g/mol. The third-order valence-electron chi connectivity index (χ3n) is 3.80. The lowest BCUT2D eigenvalue weighted by atomic mass is 9.77. The molecule has 3 heterocycles. The molecule has 0 radical (unpaired) electrons. The standard InChI is InChI=1S/C12H12N2OS/c15-8-3-7(4-8)11-12-9(1-2-16-12)10-5-13-6-14(10)11/h1-2,5-8,11,15H,3-4H2/t7-,8-,11-/m1/s1. The van der Waals surface area contributed by atoms with Gasteiger partial charge in [-0.1, -0.05) is 0 Å². The molecular formula is C12H12N2OS. The van der Waals surface area contributed by atoms with Crippen LogP contribution in [0, 0.1) is 5.92 Å². The molecule has 2 aliphatic rings. The van der Waals surface area contributed by atoms with E-state index in [2.05, 4.69) is 21.0 Å². The van der Waals surface area contributed by atoms with Crippen LogP contribution in [0.25, 0.3) is 11.3 Å². The van der Waals surface area contributed by atoms with Gasteiger partial charge in [-0.3, -0.25) is 0 Å². The van der Waals surface area contributed by atoms with Crippen molar-refractivity contribution in [2.75, 3.05) is 0 Å². The summed E-state index contributed by atoms with van der Waals surface area (Å²) in [5.41, 5.74) is 2.58. The van der Waals surface area contributed by atoms with Crippen LogP contribution in [-0.4, -0.2) is 20.8 Å². The van der Waals surface area contributed by atoms with E-state index < -0.39 is 0 Å². The first kappa shape index (κ1) is 8.96. The van der Waals surface area contributed by atoms with Crippen LogP contribution in [0.5, 0.6) is 0 Å². The summed E-state index contributed by atoms with van der Waals surface area (Å²) in [5.74, 6) is 0.586. The lowest BCUT2D eigenvalue weighted by Gasteiger charge is -2.36. The molecule has 1 aliphatic carbocycles. The van der Waals surface area contributed by atoms with Crippen LogP contribution in [0.2, 0.25) is 0 Å². The van der Waals surface area contributed by atoms with Gasteiger partial charge in [-0.25, -0.2) is 4.98 Å². The minimum atomic E-state index is -0.0824. The number of nitrogens with zero attached hydrogens (tertiary/aromatic N) is 2. The van der Waals surface area contributed by atoms with E-state index in [1.807, 2.05) is 23.9 Å². The summed E-state index contributed by atoms with van der Waals surface area (Å²) < 4.78 is 2.28. The van der Waals surface area contributed by atoms with Crippen molar-refractivity contribution in [1.29, 1.82) is 0 Å². The topological polar surface area (TPSA) is 38.1 Å². The molecule has 0 saturated heterocycles. The summed E-state index contributed by atoms with van der Waals surface area (Å²) in [6.45, 7) is 0. The van der Waals surface area contributed by atoms with Crippen LogP contribution >= 0.6 is 11.3 Å². The maximum Gasteiger partial charge on any atom is 0.0957 e. The number of fused-ring (bicyclic) bond motifs is 3. The molecule has 16 heavy (non-hydrogen) atoms. The minimum absolute atomic E-state index is 0.0824. The Morgan fingerprint density at radius 2 is 2.31 bits per heavy atom. The van der Waals surface area contributed by atoms with Crippen molar-refractivity contribution in [3.63, 3.8) is 0 Å². The average molecular weight is 232 g/mol. The number of rotatable bonds is 1. The second kappa shape index (κ2) is 2.96. The van der Waals surface area contributed by atoms with Crippen LogP contribution in [0.15, 0.2) is 24.0 Å². The Kier molecular flexibility index (Phi) is 1.66. The number of aliphatic hydroxyl groups excluding tert-OH is 1.